The number of nitrogens with zero attached hydrogens (tertiary/aromatic N) is 4. The molecule has 0 saturated carbocycles. The average molecular weight is 586 g/mol. The van der Waals surface area contributed by atoms with Crippen molar-refractivity contribution in [1.82, 2.24) is 19.4 Å². The lowest BCUT2D eigenvalue weighted by molar-refractivity contribution is 0.0343. The number of anilines is 1. The Morgan fingerprint density at radius 3 is 2.56 bits per heavy atom. The number of carboxylic acid groups (broad SMARTS) is 1. The van der Waals surface area contributed by atoms with E-state index in [2.05, 4.69) is 9.71 Å². The van der Waals surface area contributed by atoms with Gasteiger partial charge < -0.3 is 24.4 Å². The van der Waals surface area contributed by atoms with Gasteiger partial charge in [0.15, 0.2) is 10.8 Å². The zero-order valence-electron chi connectivity index (χ0n) is 23.4. The van der Waals surface area contributed by atoms with Crippen molar-refractivity contribution in [2.45, 2.75) is 37.6 Å². The number of benzene rings is 2. The number of amides is 1. The third-order valence-electron chi connectivity index (χ3n) is 7.04. The number of aromatic nitrogens is 2. The molecule has 1 aliphatic rings. The van der Waals surface area contributed by atoms with Crippen molar-refractivity contribution in [1.29, 1.82) is 0 Å². The monoisotopic (exact) mass is 585 g/mol. The number of carbonyl (C=O) groups excluding carboxylic acids is 1. The minimum absolute atomic E-state index is 0.0999. The van der Waals surface area contributed by atoms with Gasteiger partial charge in [0.05, 0.1) is 35.8 Å². The highest BCUT2D eigenvalue weighted by molar-refractivity contribution is 7.92. The molecular weight excluding hydrogens is 550 g/mol. The van der Waals surface area contributed by atoms with E-state index in [-0.39, 0.29) is 46.0 Å². The van der Waals surface area contributed by atoms with Crippen LogP contribution in [-0.4, -0.2) is 88.7 Å². The number of aliphatic hydroxyl groups excluding tert-OH is 1. The summed E-state index contributed by atoms with van der Waals surface area (Å²) in [5, 5.41) is 18.9. The van der Waals surface area contributed by atoms with Crippen molar-refractivity contribution in [3.8, 4) is 5.75 Å². The number of aromatic carboxylic acids is 1. The number of nitrogens with one attached hydrogen (secondary N) is 1. The van der Waals surface area contributed by atoms with E-state index in [0.29, 0.717) is 19.6 Å². The lowest BCUT2D eigenvalue weighted by atomic mass is 9.99. The van der Waals surface area contributed by atoms with E-state index < -0.39 is 28.1 Å². The molecule has 1 amide bonds. The van der Waals surface area contributed by atoms with Crippen LogP contribution in [0, 0.1) is 5.92 Å². The first-order valence-electron chi connectivity index (χ1n) is 13.1. The van der Waals surface area contributed by atoms with Gasteiger partial charge in [-0.05, 0) is 43.8 Å². The topological polar surface area (TPSA) is 154 Å². The smallest absolute Gasteiger partial charge is 0.335 e. The minimum Gasteiger partial charge on any atom is -0.486 e. The zero-order valence-corrected chi connectivity index (χ0v) is 24.2. The molecular formula is C28H35N5O7S. The Labute approximate surface area is 239 Å². The molecule has 0 fully saturated rings. The van der Waals surface area contributed by atoms with Gasteiger partial charge in [-0.15, -0.1) is 0 Å². The van der Waals surface area contributed by atoms with Gasteiger partial charge in [0, 0.05) is 38.8 Å². The molecule has 0 aliphatic carbocycles. The van der Waals surface area contributed by atoms with Crippen LogP contribution in [0.15, 0.2) is 60.0 Å². The number of ether oxygens (including phenoxy) is 1. The number of hydrogen-bond acceptors (Lipinski definition) is 8. The Kier molecular flexibility index (Phi) is 9.00. The van der Waals surface area contributed by atoms with Gasteiger partial charge in [0.25, 0.3) is 15.9 Å². The number of carboxylic acids is 1. The first-order valence-corrected chi connectivity index (χ1v) is 14.6. The minimum atomic E-state index is -4.08. The van der Waals surface area contributed by atoms with Crippen LogP contribution in [-0.2, 0) is 23.6 Å². The molecule has 41 heavy (non-hydrogen) atoms. The van der Waals surface area contributed by atoms with Crippen LogP contribution in [0.4, 0.5) is 5.69 Å². The number of hydrogen-bond donors (Lipinski definition) is 3. The lowest BCUT2D eigenvalue weighted by Crippen LogP contribution is -2.49. The fourth-order valence-electron chi connectivity index (χ4n) is 4.70. The fraction of sp³-hybridized carbons (Fsp3) is 0.393. The van der Waals surface area contributed by atoms with E-state index in [1.165, 1.54) is 23.2 Å². The summed E-state index contributed by atoms with van der Waals surface area (Å²) >= 11 is 0. The predicted molar refractivity (Wildman–Crippen MR) is 151 cm³/mol. The molecule has 0 radical (unpaired) electrons. The van der Waals surface area contributed by atoms with E-state index in [4.69, 9.17) is 4.74 Å². The van der Waals surface area contributed by atoms with Crippen LogP contribution in [0.2, 0.25) is 0 Å². The molecule has 3 aromatic rings. The highest BCUT2D eigenvalue weighted by Crippen LogP contribution is 2.36. The van der Waals surface area contributed by atoms with Gasteiger partial charge in [0.2, 0.25) is 0 Å². The number of aryl methyl sites for hydroxylation is 1. The lowest BCUT2D eigenvalue weighted by Gasteiger charge is -2.38. The number of sulfonamides is 1. The van der Waals surface area contributed by atoms with Crippen molar-refractivity contribution in [3.63, 3.8) is 0 Å². The number of carbonyl (C=O) groups is 2. The molecule has 220 valence electrons. The molecule has 2 aromatic carbocycles. The number of imidazole rings is 1. The largest absolute Gasteiger partial charge is 0.486 e. The Balaban J connectivity index is 1.67. The van der Waals surface area contributed by atoms with E-state index in [1.54, 1.807) is 55.3 Å². The summed E-state index contributed by atoms with van der Waals surface area (Å²) < 4.78 is 36.8. The molecule has 1 aliphatic heterocycles. The first kappa shape index (κ1) is 30.0. The summed E-state index contributed by atoms with van der Waals surface area (Å²) in [6, 6.07) is 10.8. The second-order valence-electron chi connectivity index (χ2n) is 10.5. The number of para-hydroxylation sites is 1. The molecule has 0 bridgehead atoms. The normalized spacial score (nSPS) is 18.3. The predicted octanol–water partition coefficient (Wildman–Crippen LogP) is 2.27. The van der Waals surface area contributed by atoms with Crippen molar-refractivity contribution in [2.24, 2.45) is 13.0 Å². The summed E-state index contributed by atoms with van der Waals surface area (Å²) in [6.07, 6.45) is 2.27. The second-order valence-corrected chi connectivity index (χ2v) is 12.1. The van der Waals surface area contributed by atoms with Gasteiger partial charge in [-0.2, -0.15) is 8.42 Å². The van der Waals surface area contributed by atoms with Gasteiger partial charge in [-0.25, -0.2) is 9.78 Å². The van der Waals surface area contributed by atoms with Crippen LogP contribution >= 0.6 is 0 Å². The number of rotatable bonds is 10. The first-order chi connectivity index (χ1) is 19.4. The summed E-state index contributed by atoms with van der Waals surface area (Å²) in [4.78, 5) is 32.4. The zero-order chi connectivity index (χ0) is 29.9. The standard InChI is InChI=1S/C28H35N5O7S/c1-18-12-33(19(2)16-34)27(35)22-6-5-7-23(30-41(38,39)25-15-32(4)17-29-25)26(22)40-24(18)14-31(3)13-20-8-10-21(11-9-20)28(36)37/h5-11,15,17-19,24,30,34H,12-14,16H2,1-4H3,(H,36,37)/t18-,19+,24-/m1/s1. The Bertz CT molecular complexity index is 1510. The number of likely N-dealkylation sites (N-methyl/N-ethyl adjacent to an activating group) is 1. The molecule has 0 saturated heterocycles. The van der Waals surface area contributed by atoms with Crippen LogP contribution in [0.5, 0.6) is 5.75 Å². The van der Waals surface area contributed by atoms with Gasteiger partial charge in [-0.3, -0.25) is 14.4 Å². The van der Waals surface area contributed by atoms with E-state index in [1.807, 2.05) is 18.9 Å². The molecule has 4 rings (SSSR count). The van der Waals surface area contributed by atoms with Crippen molar-refractivity contribution in [2.75, 3.05) is 31.5 Å². The number of fused-ring (bicyclic) bond motifs is 1. The molecule has 12 nitrogen and oxygen atoms in total. The summed E-state index contributed by atoms with van der Waals surface area (Å²) in [5.74, 6) is -1.47. The SMILES string of the molecule is C[C@@H]1CN([C@@H](C)CO)C(=O)c2cccc(NS(=O)(=O)c3cn(C)cn3)c2O[C@@H]1CN(C)Cc1ccc(C(=O)O)cc1. The van der Waals surface area contributed by atoms with Crippen LogP contribution in [0.1, 0.15) is 40.1 Å². The van der Waals surface area contributed by atoms with E-state index in [0.717, 1.165) is 5.56 Å². The Morgan fingerprint density at radius 1 is 1.24 bits per heavy atom. The average Bonchev–Trinajstić information content (AvgIpc) is 3.38. The van der Waals surface area contributed by atoms with Crippen LogP contribution in [0.25, 0.3) is 0 Å². The van der Waals surface area contributed by atoms with Crippen molar-refractivity contribution >= 4 is 27.6 Å². The Morgan fingerprint density at radius 2 is 1.95 bits per heavy atom. The highest BCUT2D eigenvalue weighted by Gasteiger charge is 2.35. The van der Waals surface area contributed by atoms with Crippen LogP contribution in [0.3, 0.4) is 0 Å². The maximum atomic E-state index is 13.7. The van der Waals surface area contributed by atoms with Gasteiger partial charge in [-0.1, -0.05) is 25.1 Å². The summed E-state index contributed by atoms with van der Waals surface area (Å²) in [7, 11) is -0.525. The third-order valence-corrected chi connectivity index (χ3v) is 8.29. The quantitative estimate of drug-likeness (QED) is 0.325. The summed E-state index contributed by atoms with van der Waals surface area (Å²) in [5.41, 5.74) is 1.39. The molecule has 3 atom stereocenters. The van der Waals surface area contributed by atoms with Gasteiger partial charge >= 0.3 is 5.97 Å². The fourth-order valence-corrected chi connectivity index (χ4v) is 5.75. The Hall–Kier alpha value is -3.94. The highest BCUT2D eigenvalue weighted by atomic mass is 32.2. The summed E-state index contributed by atoms with van der Waals surface area (Å²) in [6.45, 7) is 4.69. The van der Waals surface area contributed by atoms with Crippen molar-refractivity contribution < 1.29 is 33.0 Å². The molecule has 0 unspecified atom stereocenters. The van der Waals surface area contributed by atoms with Crippen LogP contribution < -0.4 is 9.46 Å². The maximum absolute atomic E-state index is 13.7. The van der Waals surface area contributed by atoms with E-state index >= 15 is 0 Å². The van der Waals surface area contributed by atoms with Crippen molar-refractivity contribution in [3.05, 3.63) is 71.7 Å². The molecule has 0 spiro atoms. The second kappa shape index (κ2) is 12.3. The molecule has 1 aromatic heterocycles. The molecule has 13 heteroatoms. The molecule has 3 N–H and O–H groups in total. The number of aliphatic hydroxyl groups is 1. The third kappa shape index (κ3) is 6.87. The molecule has 2 heterocycles. The van der Waals surface area contributed by atoms with Gasteiger partial charge in [0.1, 0.15) is 6.10 Å². The maximum Gasteiger partial charge on any atom is 0.335 e. The van der Waals surface area contributed by atoms with E-state index in [9.17, 15) is 28.2 Å².